The maximum Gasteiger partial charge on any atom is 0.234 e. The molecule has 0 bridgehead atoms. The van der Waals surface area contributed by atoms with E-state index in [9.17, 15) is 9.59 Å². The Labute approximate surface area is 369 Å². The third-order valence-electron chi connectivity index (χ3n) is 10.2. The molecule has 6 nitrogen and oxygen atoms in total. The van der Waals surface area contributed by atoms with Crippen molar-refractivity contribution >= 4 is 11.8 Å². The topological polar surface area (TPSA) is 76.7 Å². The first-order valence-electron chi connectivity index (χ1n) is 22.8. The highest BCUT2D eigenvalue weighted by molar-refractivity contribution is 5.93. The van der Waals surface area contributed by atoms with Crippen molar-refractivity contribution in [2.24, 2.45) is 0 Å². The molecule has 0 spiro atoms. The highest BCUT2D eigenvalue weighted by atomic mass is 16.7. The largest absolute Gasteiger partial charge is 0.454 e. The molecule has 328 valence electrons. The second-order valence-corrected chi connectivity index (χ2v) is 13.8. The van der Waals surface area contributed by atoms with Crippen molar-refractivity contribution in [3.8, 4) is 11.5 Å². The Kier molecular flexibility index (Phi) is 24.3. The van der Waals surface area contributed by atoms with Crippen LogP contribution < -0.4 is 20.1 Å². The number of carbonyl (C=O) groups excluding carboxylic acids is 2. The van der Waals surface area contributed by atoms with Crippen molar-refractivity contribution in [1.82, 2.24) is 10.6 Å². The summed E-state index contributed by atoms with van der Waals surface area (Å²) in [6.45, 7) is 20.6. The molecular weight excluding hydrogens is 753 g/mol. The fraction of sp³-hybridized carbons (Fsp3) is 0.382. The predicted molar refractivity (Wildman–Crippen MR) is 258 cm³/mol. The summed E-state index contributed by atoms with van der Waals surface area (Å²) in [4.78, 5) is 24.8. The van der Waals surface area contributed by atoms with Crippen molar-refractivity contribution in [3.05, 3.63) is 179 Å². The summed E-state index contributed by atoms with van der Waals surface area (Å²) in [5, 5.41) is 6.08. The lowest BCUT2D eigenvalue weighted by atomic mass is 9.94. The zero-order valence-corrected chi connectivity index (χ0v) is 38.9. The van der Waals surface area contributed by atoms with Gasteiger partial charge in [-0.05, 0) is 85.1 Å². The van der Waals surface area contributed by atoms with Gasteiger partial charge in [0.2, 0.25) is 18.6 Å². The third-order valence-corrected chi connectivity index (χ3v) is 10.2. The van der Waals surface area contributed by atoms with Crippen LogP contribution in [0.25, 0.3) is 0 Å². The van der Waals surface area contributed by atoms with E-state index in [0.717, 1.165) is 85.4 Å². The standard InChI is InChI=1S/C16H15NO3.C15H15NO.2C8H10.4C2H6/c18-15(17-12-3-1-2-4-12)16(7-8-16)11-5-6-13-14(9-11)20-10-19-13;17-14(16-13-8-4-5-9-13)15(10-11-15)12-6-2-1-3-7-12;2*1-2-8-6-4-3-5-7-8;4*1-2/h1-3,5-6,9H,4,7-8,10H2,(H,17,18);1-8H,9-11H2,(H,16,17);2*3-7H,2H2,1H3;4*1-2H3. The predicted octanol–water partition coefficient (Wildman–Crippen LogP) is 13.7. The molecule has 4 aromatic carbocycles. The van der Waals surface area contributed by atoms with Gasteiger partial charge < -0.3 is 20.1 Å². The van der Waals surface area contributed by atoms with Gasteiger partial charge >= 0.3 is 0 Å². The Bertz CT molecular complexity index is 1920. The first-order valence-corrected chi connectivity index (χ1v) is 22.8. The molecule has 5 aliphatic rings. The Morgan fingerprint density at radius 1 is 0.508 bits per heavy atom. The van der Waals surface area contributed by atoms with Crippen molar-refractivity contribution in [2.75, 3.05) is 6.79 Å². The number of hydrogen-bond acceptors (Lipinski definition) is 4. The lowest BCUT2D eigenvalue weighted by molar-refractivity contribution is -0.123. The Balaban J connectivity index is 0.000000282. The highest BCUT2D eigenvalue weighted by Crippen LogP contribution is 2.51. The van der Waals surface area contributed by atoms with Crippen LogP contribution in [-0.4, -0.2) is 18.6 Å². The van der Waals surface area contributed by atoms with Crippen molar-refractivity contribution in [3.63, 3.8) is 0 Å². The molecule has 4 aliphatic carbocycles. The summed E-state index contributed by atoms with van der Waals surface area (Å²) >= 11 is 0. The van der Waals surface area contributed by atoms with E-state index in [2.05, 4.69) is 79.1 Å². The number of aryl methyl sites for hydroxylation is 2. The van der Waals surface area contributed by atoms with Crippen molar-refractivity contribution < 1.29 is 19.1 Å². The third kappa shape index (κ3) is 15.7. The summed E-state index contributed by atoms with van der Waals surface area (Å²) in [5.41, 5.74) is 6.32. The number of allylic oxidation sites excluding steroid dienone is 6. The maximum absolute atomic E-state index is 12.5. The molecule has 1 aliphatic heterocycles. The lowest BCUT2D eigenvalue weighted by Gasteiger charge is -2.16. The smallest absolute Gasteiger partial charge is 0.234 e. The molecule has 6 heteroatoms. The zero-order valence-electron chi connectivity index (χ0n) is 38.9. The molecule has 0 unspecified atom stereocenters. The van der Waals surface area contributed by atoms with Gasteiger partial charge in [-0.15, -0.1) is 0 Å². The van der Waals surface area contributed by atoms with Crippen molar-refractivity contribution in [1.29, 1.82) is 0 Å². The van der Waals surface area contributed by atoms with E-state index in [4.69, 9.17) is 9.47 Å². The number of nitrogens with one attached hydrogen (secondary N) is 2. The van der Waals surface area contributed by atoms with Crippen LogP contribution in [0, 0.1) is 0 Å². The van der Waals surface area contributed by atoms with Gasteiger partial charge in [-0.2, -0.15) is 0 Å². The van der Waals surface area contributed by atoms with Gasteiger partial charge in [-0.25, -0.2) is 0 Å². The van der Waals surface area contributed by atoms with Crippen LogP contribution in [0.15, 0.2) is 157 Å². The number of carbonyl (C=O) groups is 2. The summed E-state index contributed by atoms with van der Waals surface area (Å²) in [6.07, 6.45) is 19.6. The first-order chi connectivity index (χ1) is 30.0. The fourth-order valence-corrected chi connectivity index (χ4v) is 6.53. The van der Waals surface area contributed by atoms with Crippen LogP contribution in [0.1, 0.15) is 130 Å². The van der Waals surface area contributed by atoms with Gasteiger partial charge in [0.15, 0.2) is 11.5 Å². The van der Waals surface area contributed by atoms with E-state index in [1.54, 1.807) is 0 Å². The van der Waals surface area contributed by atoms with E-state index >= 15 is 0 Å². The maximum atomic E-state index is 12.5. The van der Waals surface area contributed by atoms with Crippen molar-refractivity contribution in [2.45, 2.75) is 131 Å². The van der Waals surface area contributed by atoms with E-state index in [0.29, 0.717) is 0 Å². The van der Waals surface area contributed by atoms with Crippen LogP contribution in [0.3, 0.4) is 0 Å². The normalized spacial score (nSPS) is 15.1. The van der Waals surface area contributed by atoms with Crippen LogP contribution in [0.4, 0.5) is 0 Å². The molecule has 9 rings (SSSR count). The molecule has 2 fully saturated rings. The number of rotatable bonds is 8. The number of amides is 2. The monoisotopic (exact) mass is 827 g/mol. The Hall–Kier alpha value is -5.62. The zero-order chi connectivity index (χ0) is 44.9. The molecule has 0 radical (unpaired) electrons. The summed E-state index contributed by atoms with van der Waals surface area (Å²) in [7, 11) is 0. The molecule has 0 atom stereocenters. The minimum absolute atomic E-state index is 0.0892. The molecule has 4 aromatic rings. The van der Waals surface area contributed by atoms with Crippen LogP contribution in [0.2, 0.25) is 0 Å². The fourth-order valence-electron chi connectivity index (χ4n) is 6.53. The molecule has 2 saturated carbocycles. The second-order valence-electron chi connectivity index (χ2n) is 13.8. The average Bonchev–Trinajstić information content (AvgIpc) is 4.13. The minimum Gasteiger partial charge on any atom is -0.454 e. The van der Waals surface area contributed by atoms with Gasteiger partial charge in [-0.1, -0.05) is 191 Å². The van der Waals surface area contributed by atoms with Gasteiger partial charge in [0.1, 0.15) is 0 Å². The van der Waals surface area contributed by atoms with Gasteiger partial charge in [0.25, 0.3) is 0 Å². The second kappa shape index (κ2) is 28.8. The van der Waals surface area contributed by atoms with Gasteiger partial charge in [0.05, 0.1) is 10.8 Å². The molecule has 61 heavy (non-hydrogen) atoms. The molecule has 2 amide bonds. The lowest BCUT2D eigenvalue weighted by Crippen LogP contribution is -2.33. The summed E-state index contributed by atoms with van der Waals surface area (Å²) < 4.78 is 10.7. The van der Waals surface area contributed by atoms with Gasteiger partial charge in [0, 0.05) is 24.2 Å². The Morgan fingerprint density at radius 2 is 0.902 bits per heavy atom. The van der Waals surface area contributed by atoms with E-state index < -0.39 is 0 Å². The summed E-state index contributed by atoms with van der Waals surface area (Å²) in [5.74, 6) is 1.74. The van der Waals surface area contributed by atoms with E-state index in [1.165, 1.54) is 11.1 Å². The van der Waals surface area contributed by atoms with Gasteiger partial charge in [-0.3, -0.25) is 9.59 Å². The van der Waals surface area contributed by atoms with E-state index in [-0.39, 0.29) is 29.4 Å². The molecule has 0 saturated heterocycles. The van der Waals surface area contributed by atoms with Crippen LogP contribution in [-0.2, 0) is 33.3 Å². The average molecular weight is 827 g/mol. The molecule has 0 aromatic heterocycles. The number of hydrogen-bond donors (Lipinski definition) is 2. The highest BCUT2D eigenvalue weighted by Gasteiger charge is 2.52. The quantitative estimate of drug-likeness (QED) is 0.185. The SMILES string of the molecule is CC.CC.CC.CC.CCc1ccccc1.CCc1ccccc1.O=C(NC1=CC=CC1)C1(c2ccc3c(c2)OCO3)CC1.O=C(NC1=CC=CC1)C1(c2ccccc2)CC1. The molecule has 1 heterocycles. The molecular formula is C55H74N2O4. The molecule has 2 N–H and O–H groups in total. The van der Waals surface area contributed by atoms with E-state index in [1.807, 2.05) is 146 Å². The first kappa shape index (κ1) is 51.5. The number of fused-ring (bicyclic) bond motifs is 1. The van der Waals surface area contributed by atoms with Crippen LogP contribution in [0.5, 0.6) is 11.5 Å². The summed E-state index contributed by atoms with van der Waals surface area (Å²) in [6, 6.07) is 36.8. The minimum atomic E-state index is -0.385. The Morgan fingerprint density at radius 3 is 1.26 bits per heavy atom. The number of ether oxygens (including phenoxy) is 2. The number of benzene rings is 4. The van der Waals surface area contributed by atoms with Crippen LogP contribution >= 0.6 is 0 Å².